The molecule has 1 unspecified atom stereocenters. The van der Waals surface area contributed by atoms with Gasteiger partial charge in [-0.05, 0) is 53.8 Å². The zero-order valence-corrected chi connectivity index (χ0v) is 18.4. The summed E-state index contributed by atoms with van der Waals surface area (Å²) < 4.78 is 0. The summed E-state index contributed by atoms with van der Waals surface area (Å²) in [5.41, 5.74) is 7.86. The van der Waals surface area contributed by atoms with E-state index in [4.69, 9.17) is 5.73 Å². The van der Waals surface area contributed by atoms with Crippen LogP contribution in [0.25, 0.3) is 0 Å². The highest BCUT2D eigenvalue weighted by Gasteiger charge is 2.28. The van der Waals surface area contributed by atoms with E-state index in [1.807, 2.05) is 19.1 Å². The minimum Gasteiger partial charge on any atom is -0.507 e. The van der Waals surface area contributed by atoms with Crippen molar-refractivity contribution in [2.75, 3.05) is 13.1 Å². The zero-order chi connectivity index (χ0) is 20.8. The molecule has 0 saturated heterocycles. The molecule has 1 rings (SSSR count). The topological polar surface area (TPSA) is 75.4 Å². The number of phenolic OH excluding ortho intramolecular Hbond substituents is 1. The number of carbonyl (C=O) groups is 1. The third kappa shape index (κ3) is 6.84. The van der Waals surface area contributed by atoms with Crippen molar-refractivity contribution in [1.29, 1.82) is 0 Å². The molecule has 154 valence electrons. The Morgan fingerprint density at radius 3 is 1.93 bits per heavy atom. The maximum Gasteiger partial charge on any atom is 0.227 e. The lowest BCUT2D eigenvalue weighted by molar-refractivity contribution is -0.122. The Labute approximate surface area is 165 Å². The van der Waals surface area contributed by atoms with Crippen LogP contribution < -0.4 is 11.1 Å². The van der Waals surface area contributed by atoms with Crippen LogP contribution in [0.2, 0.25) is 0 Å². The Hall–Kier alpha value is -1.55. The van der Waals surface area contributed by atoms with E-state index in [1.54, 1.807) is 0 Å². The first-order valence-electron chi connectivity index (χ1n) is 10.2. The maximum atomic E-state index is 12.6. The highest BCUT2D eigenvalue weighted by molar-refractivity contribution is 5.83. The third-order valence-electron chi connectivity index (χ3n) is 5.07. The molecule has 4 heteroatoms. The monoisotopic (exact) mass is 376 g/mol. The second-order valence-corrected chi connectivity index (χ2v) is 9.68. The first-order valence-corrected chi connectivity index (χ1v) is 10.2. The molecule has 1 aromatic carbocycles. The Morgan fingerprint density at radius 2 is 1.48 bits per heavy atom. The van der Waals surface area contributed by atoms with Gasteiger partial charge in [-0.3, -0.25) is 4.79 Å². The van der Waals surface area contributed by atoms with Crippen LogP contribution in [0.4, 0.5) is 0 Å². The number of unbranched alkanes of at least 4 members (excludes halogenated alkanes) is 3. The van der Waals surface area contributed by atoms with E-state index in [0.29, 0.717) is 12.3 Å². The van der Waals surface area contributed by atoms with Gasteiger partial charge in [-0.25, -0.2) is 0 Å². The fourth-order valence-electron chi connectivity index (χ4n) is 3.19. The zero-order valence-electron chi connectivity index (χ0n) is 18.4. The molecule has 0 heterocycles. The van der Waals surface area contributed by atoms with Gasteiger partial charge in [0.2, 0.25) is 5.91 Å². The number of phenols is 1. The van der Waals surface area contributed by atoms with Crippen LogP contribution >= 0.6 is 0 Å². The summed E-state index contributed by atoms with van der Waals surface area (Å²) in [6.45, 7) is 15.9. The average Bonchev–Trinajstić information content (AvgIpc) is 2.55. The van der Waals surface area contributed by atoms with Crippen molar-refractivity contribution in [1.82, 2.24) is 5.32 Å². The normalized spacial score (nSPS) is 13.5. The van der Waals surface area contributed by atoms with Crippen molar-refractivity contribution >= 4 is 5.91 Å². The number of nitrogens with two attached hydrogens (primary N) is 1. The number of nitrogens with one attached hydrogen (secondary N) is 1. The standard InChI is InChI=1S/C23H40N2O2/c1-16(21(27)25-13-11-9-8-10-12-24)17-14-18(22(2,3)4)20(26)19(15-17)23(5,6)7/h14-16,26H,8-13,24H2,1-7H3,(H,25,27). The van der Waals surface area contributed by atoms with Crippen molar-refractivity contribution in [3.63, 3.8) is 0 Å². The average molecular weight is 377 g/mol. The highest BCUT2D eigenvalue weighted by atomic mass is 16.3. The molecule has 4 nitrogen and oxygen atoms in total. The molecule has 0 aliphatic rings. The van der Waals surface area contributed by atoms with Gasteiger partial charge < -0.3 is 16.2 Å². The maximum absolute atomic E-state index is 12.6. The first-order chi connectivity index (χ1) is 12.4. The number of benzene rings is 1. The van der Waals surface area contributed by atoms with E-state index in [-0.39, 0.29) is 22.7 Å². The van der Waals surface area contributed by atoms with Crippen molar-refractivity contribution < 1.29 is 9.90 Å². The van der Waals surface area contributed by atoms with Crippen LogP contribution in [0.15, 0.2) is 12.1 Å². The van der Waals surface area contributed by atoms with E-state index in [0.717, 1.165) is 48.9 Å². The van der Waals surface area contributed by atoms with Crippen LogP contribution in [0.3, 0.4) is 0 Å². The number of hydrogen-bond acceptors (Lipinski definition) is 3. The molecule has 0 aliphatic carbocycles. The van der Waals surface area contributed by atoms with Crippen LogP contribution in [0.5, 0.6) is 5.75 Å². The number of rotatable bonds is 8. The third-order valence-corrected chi connectivity index (χ3v) is 5.07. The van der Waals surface area contributed by atoms with Gasteiger partial charge in [0.25, 0.3) is 0 Å². The molecular weight excluding hydrogens is 336 g/mol. The summed E-state index contributed by atoms with van der Waals surface area (Å²) in [6, 6.07) is 3.99. The molecule has 1 aromatic rings. The summed E-state index contributed by atoms with van der Waals surface area (Å²) in [5, 5.41) is 13.9. The Kier molecular flexibility index (Phi) is 8.34. The Morgan fingerprint density at radius 1 is 1.00 bits per heavy atom. The van der Waals surface area contributed by atoms with Gasteiger partial charge in [0.15, 0.2) is 0 Å². The van der Waals surface area contributed by atoms with Crippen LogP contribution in [-0.4, -0.2) is 24.1 Å². The molecule has 0 aromatic heterocycles. The van der Waals surface area contributed by atoms with Crippen molar-refractivity contribution in [2.45, 2.75) is 90.9 Å². The molecule has 4 N–H and O–H groups in total. The van der Waals surface area contributed by atoms with E-state index < -0.39 is 0 Å². The van der Waals surface area contributed by atoms with E-state index >= 15 is 0 Å². The van der Waals surface area contributed by atoms with Crippen LogP contribution in [-0.2, 0) is 15.6 Å². The van der Waals surface area contributed by atoms with Crippen molar-refractivity contribution in [2.24, 2.45) is 5.73 Å². The summed E-state index contributed by atoms with van der Waals surface area (Å²) in [6.07, 6.45) is 4.23. The summed E-state index contributed by atoms with van der Waals surface area (Å²) >= 11 is 0. The number of hydrogen-bond donors (Lipinski definition) is 3. The molecule has 0 fully saturated rings. The quantitative estimate of drug-likeness (QED) is 0.574. The highest BCUT2D eigenvalue weighted by Crippen LogP contribution is 2.41. The molecule has 27 heavy (non-hydrogen) atoms. The van der Waals surface area contributed by atoms with Gasteiger partial charge in [-0.1, -0.05) is 66.5 Å². The second kappa shape index (κ2) is 9.59. The lowest BCUT2D eigenvalue weighted by Gasteiger charge is -2.29. The van der Waals surface area contributed by atoms with E-state index in [2.05, 4.69) is 46.9 Å². The van der Waals surface area contributed by atoms with E-state index in [1.165, 1.54) is 0 Å². The van der Waals surface area contributed by atoms with Gasteiger partial charge >= 0.3 is 0 Å². The minimum absolute atomic E-state index is 0.0410. The van der Waals surface area contributed by atoms with Crippen LogP contribution in [0, 0.1) is 0 Å². The molecular formula is C23H40N2O2. The molecule has 0 saturated carbocycles. The SMILES string of the molecule is CC(C(=O)NCCCCCCN)c1cc(C(C)(C)C)c(O)c(C(C)(C)C)c1. The predicted octanol–water partition coefficient (Wildman–Crippen LogP) is 4.73. The van der Waals surface area contributed by atoms with Crippen LogP contribution in [0.1, 0.15) is 96.8 Å². The Balaban J connectivity index is 2.99. The van der Waals surface area contributed by atoms with Crippen molar-refractivity contribution in [3.05, 3.63) is 28.8 Å². The summed E-state index contributed by atoms with van der Waals surface area (Å²) in [7, 11) is 0. The molecule has 0 aliphatic heterocycles. The molecule has 0 bridgehead atoms. The Bertz CT molecular complexity index is 589. The van der Waals surface area contributed by atoms with Gasteiger partial charge in [-0.2, -0.15) is 0 Å². The fourth-order valence-corrected chi connectivity index (χ4v) is 3.19. The smallest absolute Gasteiger partial charge is 0.227 e. The summed E-state index contributed by atoms with van der Waals surface area (Å²) in [5.74, 6) is 0.141. The first kappa shape index (κ1) is 23.5. The van der Waals surface area contributed by atoms with Gasteiger partial charge in [-0.15, -0.1) is 0 Å². The van der Waals surface area contributed by atoms with Gasteiger partial charge in [0.05, 0.1) is 5.92 Å². The number of amides is 1. The minimum atomic E-state index is -0.253. The van der Waals surface area contributed by atoms with E-state index in [9.17, 15) is 9.90 Å². The molecule has 1 amide bonds. The molecule has 1 atom stereocenters. The summed E-state index contributed by atoms with van der Waals surface area (Å²) in [4.78, 5) is 12.6. The lowest BCUT2D eigenvalue weighted by atomic mass is 9.77. The fraction of sp³-hybridized carbons (Fsp3) is 0.696. The number of aromatic hydroxyl groups is 1. The largest absolute Gasteiger partial charge is 0.507 e. The lowest BCUT2D eigenvalue weighted by Crippen LogP contribution is -2.29. The number of carbonyl (C=O) groups excluding carboxylic acids is 1. The second-order valence-electron chi connectivity index (χ2n) is 9.68. The van der Waals surface area contributed by atoms with Gasteiger partial charge in [0.1, 0.15) is 5.75 Å². The molecule has 0 spiro atoms. The van der Waals surface area contributed by atoms with Gasteiger partial charge in [0, 0.05) is 6.54 Å². The van der Waals surface area contributed by atoms with Crippen molar-refractivity contribution in [3.8, 4) is 5.75 Å². The molecule has 0 radical (unpaired) electrons. The predicted molar refractivity (Wildman–Crippen MR) is 114 cm³/mol.